The molecule has 0 aliphatic heterocycles. The minimum atomic E-state index is -4.28. The molecule has 0 spiro atoms. The highest BCUT2D eigenvalue weighted by Gasteiger charge is 2.35. The summed E-state index contributed by atoms with van der Waals surface area (Å²) < 4.78 is 28.9. The van der Waals surface area contributed by atoms with Gasteiger partial charge in [0.2, 0.25) is 11.8 Å². The van der Waals surface area contributed by atoms with Gasteiger partial charge in [0, 0.05) is 18.1 Å². The molecule has 0 aromatic heterocycles. The third kappa shape index (κ3) is 8.16. The molecule has 1 atom stereocenters. The molecule has 0 fully saturated rings. The van der Waals surface area contributed by atoms with Crippen LogP contribution in [0.15, 0.2) is 71.6 Å². The van der Waals surface area contributed by atoms with E-state index in [9.17, 15) is 18.0 Å². The zero-order chi connectivity index (χ0) is 30.3. The Morgan fingerprint density at radius 2 is 1.54 bits per heavy atom. The van der Waals surface area contributed by atoms with Crippen molar-refractivity contribution in [3.05, 3.63) is 92.9 Å². The molecule has 7 nitrogen and oxygen atoms in total. The maximum absolute atomic E-state index is 14.1. The van der Waals surface area contributed by atoms with Gasteiger partial charge in [-0.05, 0) is 55.2 Å². The van der Waals surface area contributed by atoms with Gasteiger partial charge in [0.05, 0.1) is 20.6 Å². The SMILES string of the molecule is CCC(C(=O)NCC(C)C)N(Cc1ccccc1Cl)C(=O)CN(c1cccc(Cl)c1Cl)S(=O)(=O)c1ccc(C)cc1. The highest BCUT2D eigenvalue weighted by atomic mass is 35.5. The average molecular weight is 639 g/mol. The summed E-state index contributed by atoms with van der Waals surface area (Å²) in [4.78, 5) is 28.8. The lowest BCUT2D eigenvalue weighted by molar-refractivity contribution is -0.140. The van der Waals surface area contributed by atoms with Gasteiger partial charge in [-0.1, -0.05) is 97.5 Å². The van der Waals surface area contributed by atoms with Crippen molar-refractivity contribution in [2.75, 3.05) is 17.4 Å². The van der Waals surface area contributed by atoms with Gasteiger partial charge in [-0.2, -0.15) is 0 Å². The number of benzene rings is 3. The van der Waals surface area contributed by atoms with Crippen LogP contribution in [-0.2, 0) is 26.2 Å². The predicted octanol–water partition coefficient (Wildman–Crippen LogP) is 6.73. The summed E-state index contributed by atoms with van der Waals surface area (Å²) in [5.41, 5.74) is 1.53. The van der Waals surface area contributed by atoms with Crippen molar-refractivity contribution < 1.29 is 18.0 Å². The first-order chi connectivity index (χ1) is 19.4. The monoisotopic (exact) mass is 637 g/mol. The Balaban J connectivity index is 2.10. The third-order valence-electron chi connectivity index (χ3n) is 6.46. The van der Waals surface area contributed by atoms with E-state index < -0.39 is 28.5 Å². The maximum atomic E-state index is 14.1. The Labute approximate surface area is 257 Å². The molecule has 3 aromatic carbocycles. The lowest BCUT2D eigenvalue weighted by Crippen LogP contribution is -2.52. The van der Waals surface area contributed by atoms with Gasteiger partial charge in [0.25, 0.3) is 10.0 Å². The molecule has 0 aliphatic rings. The minimum Gasteiger partial charge on any atom is -0.354 e. The van der Waals surface area contributed by atoms with Gasteiger partial charge in [0.15, 0.2) is 0 Å². The number of carbonyl (C=O) groups excluding carboxylic acids is 2. The molecule has 3 rings (SSSR count). The molecule has 11 heteroatoms. The predicted molar refractivity (Wildman–Crippen MR) is 166 cm³/mol. The van der Waals surface area contributed by atoms with E-state index in [1.165, 1.54) is 29.2 Å². The van der Waals surface area contributed by atoms with Gasteiger partial charge < -0.3 is 10.2 Å². The number of hydrogen-bond donors (Lipinski definition) is 1. The molecular formula is C30H34Cl3N3O4S. The summed E-state index contributed by atoms with van der Waals surface area (Å²) >= 11 is 19.2. The number of amides is 2. The lowest BCUT2D eigenvalue weighted by Gasteiger charge is -2.33. The van der Waals surface area contributed by atoms with E-state index in [1.54, 1.807) is 49.4 Å². The van der Waals surface area contributed by atoms with Crippen LogP contribution in [0.5, 0.6) is 0 Å². The van der Waals surface area contributed by atoms with Gasteiger partial charge in [0.1, 0.15) is 12.6 Å². The second-order valence-electron chi connectivity index (χ2n) is 10.1. The minimum absolute atomic E-state index is 0.00614. The van der Waals surface area contributed by atoms with Gasteiger partial charge in [-0.25, -0.2) is 8.42 Å². The van der Waals surface area contributed by atoms with Crippen LogP contribution in [0, 0.1) is 12.8 Å². The molecule has 0 saturated carbocycles. The van der Waals surface area contributed by atoms with Crippen LogP contribution in [0.1, 0.15) is 38.3 Å². The summed E-state index contributed by atoms with van der Waals surface area (Å²) in [5.74, 6) is -0.747. The number of hydrogen-bond acceptors (Lipinski definition) is 4. The molecule has 1 N–H and O–H groups in total. The molecular weight excluding hydrogens is 605 g/mol. The fraction of sp³-hybridized carbons (Fsp3) is 0.333. The first-order valence-corrected chi connectivity index (χ1v) is 15.8. The largest absolute Gasteiger partial charge is 0.354 e. The van der Waals surface area contributed by atoms with Crippen molar-refractivity contribution in [3.63, 3.8) is 0 Å². The Kier molecular flexibility index (Phi) is 11.5. The molecule has 0 heterocycles. The van der Waals surface area contributed by atoms with Crippen molar-refractivity contribution in [1.82, 2.24) is 10.2 Å². The van der Waals surface area contributed by atoms with Crippen molar-refractivity contribution in [2.24, 2.45) is 5.92 Å². The summed E-state index contributed by atoms with van der Waals surface area (Å²) in [6, 6.07) is 17.0. The van der Waals surface area contributed by atoms with E-state index in [0.29, 0.717) is 23.6 Å². The van der Waals surface area contributed by atoms with E-state index in [1.807, 2.05) is 20.8 Å². The summed E-state index contributed by atoms with van der Waals surface area (Å²) in [6.45, 7) is 7.36. The van der Waals surface area contributed by atoms with E-state index in [2.05, 4.69) is 5.32 Å². The third-order valence-corrected chi connectivity index (χ3v) is 9.41. The smallest absolute Gasteiger partial charge is 0.264 e. The van der Waals surface area contributed by atoms with E-state index in [0.717, 1.165) is 9.87 Å². The van der Waals surface area contributed by atoms with Crippen LogP contribution < -0.4 is 9.62 Å². The van der Waals surface area contributed by atoms with Crippen molar-refractivity contribution in [2.45, 2.75) is 51.6 Å². The molecule has 0 saturated heterocycles. The number of halogens is 3. The molecule has 2 amide bonds. The molecule has 41 heavy (non-hydrogen) atoms. The highest BCUT2D eigenvalue weighted by molar-refractivity contribution is 7.92. The van der Waals surface area contributed by atoms with Crippen molar-refractivity contribution in [1.29, 1.82) is 0 Å². The van der Waals surface area contributed by atoms with Crippen LogP contribution in [0.2, 0.25) is 15.1 Å². The molecule has 3 aromatic rings. The molecule has 220 valence electrons. The normalized spacial score (nSPS) is 12.2. The lowest BCUT2D eigenvalue weighted by atomic mass is 10.1. The quantitative estimate of drug-likeness (QED) is 0.238. The van der Waals surface area contributed by atoms with E-state index in [4.69, 9.17) is 34.8 Å². The number of nitrogens with zero attached hydrogens (tertiary/aromatic N) is 2. The Morgan fingerprint density at radius 3 is 2.15 bits per heavy atom. The summed E-state index contributed by atoms with van der Waals surface area (Å²) in [5, 5.41) is 3.43. The maximum Gasteiger partial charge on any atom is 0.264 e. The molecule has 0 aliphatic carbocycles. The molecule has 0 bridgehead atoms. The van der Waals surface area contributed by atoms with Gasteiger partial charge in [-0.3, -0.25) is 13.9 Å². The summed E-state index contributed by atoms with van der Waals surface area (Å²) in [6.07, 6.45) is 0.294. The van der Waals surface area contributed by atoms with Gasteiger partial charge >= 0.3 is 0 Å². The van der Waals surface area contributed by atoms with Crippen LogP contribution >= 0.6 is 34.8 Å². The fourth-order valence-electron chi connectivity index (χ4n) is 4.19. The second kappa shape index (κ2) is 14.4. The zero-order valence-corrected chi connectivity index (χ0v) is 26.5. The Hall–Kier alpha value is -2.78. The average Bonchev–Trinajstić information content (AvgIpc) is 2.93. The first-order valence-electron chi connectivity index (χ1n) is 13.2. The number of nitrogens with one attached hydrogen (secondary N) is 1. The standard InChI is InChI=1S/C30H34Cl3N3O4S/c1-5-26(30(38)34-17-20(2)3)35(18-22-9-6-7-10-24(22)31)28(37)19-36(27-12-8-11-25(32)29(27)33)41(39,40)23-15-13-21(4)14-16-23/h6-16,20,26H,5,17-19H2,1-4H3,(H,34,38). The number of rotatable bonds is 12. The molecule has 0 radical (unpaired) electrons. The van der Waals surface area contributed by atoms with Crippen LogP contribution in [-0.4, -0.2) is 44.3 Å². The number of aryl methyl sites for hydroxylation is 1. The fourth-order valence-corrected chi connectivity index (χ4v) is 6.26. The van der Waals surface area contributed by atoms with E-state index >= 15 is 0 Å². The summed E-state index contributed by atoms with van der Waals surface area (Å²) in [7, 11) is -4.28. The van der Waals surface area contributed by atoms with Crippen LogP contribution in [0.3, 0.4) is 0 Å². The van der Waals surface area contributed by atoms with E-state index in [-0.39, 0.29) is 39.0 Å². The van der Waals surface area contributed by atoms with Crippen LogP contribution in [0.4, 0.5) is 5.69 Å². The second-order valence-corrected chi connectivity index (χ2v) is 13.1. The Bertz CT molecular complexity index is 1480. The first kappa shape index (κ1) is 32.7. The van der Waals surface area contributed by atoms with Crippen molar-refractivity contribution in [3.8, 4) is 0 Å². The number of carbonyl (C=O) groups is 2. The van der Waals surface area contributed by atoms with Crippen molar-refractivity contribution >= 4 is 62.3 Å². The number of anilines is 1. The molecule has 1 unspecified atom stereocenters. The number of sulfonamides is 1. The van der Waals surface area contributed by atoms with Gasteiger partial charge in [-0.15, -0.1) is 0 Å². The zero-order valence-electron chi connectivity index (χ0n) is 23.4. The highest BCUT2D eigenvalue weighted by Crippen LogP contribution is 2.35. The topological polar surface area (TPSA) is 86.8 Å². The Morgan fingerprint density at radius 1 is 0.902 bits per heavy atom. The van der Waals surface area contributed by atoms with Crippen LogP contribution in [0.25, 0.3) is 0 Å².